The molecule has 0 spiro atoms. The average molecular weight is 460 g/mol. The largest absolute Gasteiger partial charge is 0.482 e. The topological polar surface area (TPSA) is 80.6 Å². The quantitative estimate of drug-likeness (QED) is 0.595. The Hall–Kier alpha value is -3.68. The van der Waals surface area contributed by atoms with Gasteiger partial charge >= 0.3 is 0 Å². The van der Waals surface area contributed by atoms with Crippen LogP contribution >= 0.6 is 0 Å². The molecule has 8 nitrogen and oxygen atoms in total. The minimum Gasteiger partial charge on any atom is -0.482 e. The molecule has 3 aromatic rings. The van der Waals surface area contributed by atoms with E-state index in [-0.39, 0.29) is 36.4 Å². The average Bonchev–Trinajstić information content (AvgIpc) is 3.53. The highest BCUT2D eigenvalue weighted by molar-refractivity contribution is 6.02. The molecule has 0 radical (unpaired) electrons. The molecule has 1 atom stereocenters. The van der Waals surface area contributed by atoms with E-state index in [1.165, 1.54) is 0 Å². The zero-order chi connectivity index (χ0) is 23.9. The maximum Gasteiger partial charge on any atom is 0.265 e. The molecule has 2 aromatic heterocycles. The maximum atomic E-state index is 13.5. The molecule has 2 aliphatic rings. The van der Waals surface area contributed by atoms with Crippen molar-refractivity contribution in [3.05, 3.63) is 66.4 Å². The van der Waals surface area contributed by atoms with Crippen LogP contribution in [0.5, 0.6) is 5.75 Å². The molecule has 4 heterocycles. The summed E-state index contributed by atoms with van der Waals surface area (Å²) in [5.41, 5.74) is 2.51. The number of aromatic nitrogens is 3. The molecule has 34 heavy (non-hydrogen) atoms. The Labute approximate surface area is 199 Å². The van der Waals surface area contributed by atoms with Crippen molar-refractivity contribution in [2.45, 2.75) is 45.1 Å². The summed E-state index contributed by atoms with van der Waals surface area (Å²) in [5.74, 6) is 1.11. The third-order valence-corrected chi connectivity index (χ3v) is 6.50. The van der Waals surface area contributed by atoms with Gasteiger partial charge in [0.1, 0.15) is 24.4 Å². The number of likely N-dealkylation sites (tertiary alicyclic amines) is 1. The fraction of sp³-hybridized carbons (Fsp3) is 0.385. The smallest absolute Gasteiger partial charge is 0.265 e. The lowest BCUT2D eigenvalue weighted by atomic mass is 9.86. The van der Waals surface area contributed by atoms with Gasteiger partial charge in [-0.3, -0.25) is 19.1 Å². The molecule has 1 aromatic carbocycles. The van der Waals surface area contributed by atoms with Crippen molar-refractivity contribution >= 4 is 17.5 Å². The van der Waals surface area contributed by atoms with E-state index in [2.05, 4.69) is 25.8 Å². The minimum atomic E-state index is -0.206. The van der Waals surface area contributed by atoms with Crippen LogP contribution in [0, 0.1) is 0 Å². The Kier molecular flexibility index (Phi) is 5.59. The molecule has 0 aliphatic carbocycles. The highest BCUT2D eigenvalue weighted by atomic mass is 16.5. The van der Waals surface area contributed by atoms with Crippen molar-refractivity contribution in [1.82, 2.24) is 19.4 Å². The van der Waals surface area contributed by atoms with Crippen LogP contribution in [0.1, 0.15) is 50.9 Å². The van der Waals surface area contributed by atoms with Gasteiger partial charge in [-0.2, -0.15) is 0 Å². The van der Waals surface area contributed by atoms with E-state index in [0.29, 0.717) is 18.0 Å². The second-order valence-corrected chi connectivity index (χ2v) is 9.84. The van der Waals surface area contributed by atoms with Gasteiger partial charge in [-0.1, -0.05) is 32.9 Å². The summed E-state index contributed by atoms with van der Waals surface area (Å²) >= 11 is 0. The molecule has 0 bridgehead atoms. The number of ether oxygens (including phenoxy) is 1. The van der Waals surface area contributed by atoms with Crippen LogP contribution in [0.25, 0.3) is 5.82 Å². The molecule has 2 amide bonds. The van der Waals surface area contributed by atoms with E-state index >= 15 is 0 Å². The lowest BCUT2D eigenvalue weighted by molar-refractivity contribution is -0.132. The van der Waals surface area contributed by atoms with Crippen molar-refractivity contribution in [2.75, 3.05) is 24.6 Å². The van der Waals surface area contributed by atoms with E-state index in [0.717, 1.165) is 29.9 Å². The molecule has 1 saturated heterocycles. The van der Waals surface area contributed by atoms with Gasteiger partial charge in [-0.05, 0) is 48.1 Å². The van der Waals surface area contributed by atoms with Crippen LogP contribution in [0.3, 0.4) is 0 Å². The van der Waals surface area contributed by atoms with Crippen LogP contribution in [-0.4, -0.2) is 50.9 Å². The summed E-state index contributed by atoms with van der Waals surface area (Å²) in [6.45, 7) is 6.93. The summed E-state index contributed by atoms with van der Waals surface area (Å²) in [4.78, 5) is 38.6. The lowest BCUT2D eigenvalue weighted by Gasteiger charge is -2.33. The first-order valence-electron chi connectivity index (χ1n) is 11.6. The number of hydrogen-bond acceptors (Lipinski definition) is 5. The van der Waals surface area contributed by atoms with E-state index in [1.54, 1.807) is 17.4 Å². The van der Waals surface area contributed by atoms with Crippen molar-refractivity contribution in [3.8, 4) is 11.6 Å². The molecule has 0 saturated carbocycles. The molecular weight excluding hydrogens is 430 g/mol. The number of hydrogen-bond donors (Lipinski definition) is 0. The number of carbonyl (C=O) groups is 2. The first kappa shape index (κ1) is 22.1. The normalized spacial score (nSPS) is 18.1. The summed E-state index contributed by atoms with van der Waals surface area (Å²) in [7, 11) is 0. The summed E-state index contributed by atoms with van der Waals surface area (Å²) in [6.07, 6.45) is 7.00. The van der Waals surface area contributed by atoms with Gasteiger partial charge in [0.2, 0.25) is 5.91 Å². The predicted octanol–water partition coefficient (Wildman–Crippen LogP) is 3.65. The van der Waals surface area contributed by atoms with Gasteiger partial charge < -0.3 is 9.64 Å². The molecule has 176 valence electrons. The van der Waals surface area contributed by atoms with E-state index in [9.17, 15) is 9.59 Å². The zero-order valence-electron chi connectivity index (χ0n) is 19.8. The fourth-order valence-corrected chi connectivity index (χ4v) is 4.60. The standard InChI is InChI=1S/C26H29N5O3/c1-26(2,3)18-9-10-22-21(14-18)31(25(33)16-34-22)15-24(32)30-12-5-7-20(30)19-6-4-8-23(28-19)29-13-11-27-17-29/h4,6,8-11,13-14,17,20H,5,7,12,15-16H2,1-3H3. The molecule has 1 unspecified atom stereocenters. The highest BCUT2D eigenvalue weighted by Gasteiger charge is 2.35. The Morgan fingerprint density at radius 2 is 2.06 bits per heavy atom. The second-order valence-electron chi connectivity index (χ2n) is 9.84. The third-order valence-electron chi connectivity index (χ3n) is 6.50. The van der Waals surface area contributed by atoms with Crippen LogP contribution in [0.15, 0.2) is 55.1 Å². The Morgan fingerprint density at radius 3 is 2.82 bits per heavy atom. The Morgan fingerprint density at radius 1 is 1.21 bits per heavy atom. The zero-order valence-corrected chi connectivity index (χ0v) is 19.8. The molecule has 1 fully saturated rings. The fourth-order valence-electron chi connectivity index (χ4n) is 4.60. The maximum absolute atomic E-state index is 13.5. The lowest BCUT2D eigenvalue weighted by Crippen LogP contribution is -2.46. The minimum absolute atomic E-state index is 0.0134. The number of imidazole rings is 1. The first-order chi connectivity index (χ1) is 16.3. The van der Waals surface area contributed by atoms with E-state index in [4.69, 9.17) is 9.72 Å². The predicted molar refractivity (Wildman–Crippen MR) is 128 cm³/mol. The third kappa shape index (κ3) is 4.16. The van der Waals surface area contributed by atoms with Gasteiger partial charge in [0.05, 0.1) is 17.4 Å². The van der Waals surface area contributed by atoms with Crippen LogP contribution in [0.4, 0.5) is 5.69 Å². The molecular formula is C26H29N5O3. The first-order valence-corrected chi connectivity index (χ1v) is 11.6. The van der Waals surface area contributed by atoms with Crippen LogP contribution < -0.4 is 9.64 Å². The number of benzene rings is 1. The number of anilines is 1. The number of rotatable bonds is 4. The van der Waals surface area contributed by atoms with Gasteiger partial charge in [0.15, 0.2) is 6.61 Å². The van der Waals surface area contributed by atoms with Crippen LogP contribution in [0.2, 0.25) is 0 Å². The molecule has 5 rings (SSSR count). The Bertz CT molecular complexity index is 1220. The van der Waals surface area contributed by atoms with Crippen molar-refractivity contribution in [3.63, 3.8) is 0 Å². The number of fused-ring (bicyclic) bond motifs is 1. The number of nitrogens with zero attached hydrogens (tertiary/aromatic N) is 5. The highest BCUT2D eigenvalue weighted by Crippen LogP contribution is 2.37. The van der Waals surface area contributed by atoms with Gasteiger partial charge in [0, 0.05) is 18.9 Å². The number of pyridine rings is 1. The molecule has 2 aliphatic heterocycles. The van der Waals surface area contributed by atoms with Gasteiger partial charge in [-0.15, -0.1) is 0 Å². The summed E-state index contributed by atoms with van der Waals surface area (Å²) in [5, 5.41) is 0. The van der Waals surface area contributed by atoms with Crippen molar-refractivity contribution in [1.29, 1.82) is 0 Å². The summed E-state index contributed by atoms with van der Waals surface area (Å²) < 4.78 is 7.49. The monoisotopic (exact) mass is 459 g/mol. The molecule has 0 N–H and O–H groups in total. The van der Waals surface area contributed by atoms with Gasteiger partial charge in [-0.25, -0.2) is 9.97 Å². The summed E-state index contributed by atoms with van der Waals surface area (Å²) in [6, 6.07) is 11.6. The number of carbonyl (C=O) groups excluding carboxylic acids is 2. The van der Waals surface area contributed by atoms with Crippen LogP contribution in [-0.2, 0) is 15.0 Å². The molecule has 8 heteroatoms. The second kappa shape index (κ2) is 8.59. The van der Waals surface area contributed by atoms with E-state index < -0.39 is 0 Å². The SMILES string of the molecule is CC(C)(C)c1ccc2c(c1)N(CC(=O)N1CCCC1c1cccc(-n3ccnc3)n1)C(=O)CO2. The number of amides is 2. The van der Waals surface area contributed by atoms with Crippen molar-refractivity contribution in [2.24, 2.45) is 0 Å². The van der Waals surface area contributed by atoms with Gasteiger partial charge in [0.25, 0.3) is 5.91 Å². The van der Waals surface area contributed by atoms with Crippen molar-refractivity contribution < 1.29 is 14.3 Å². The Balaban J connectivity index is 1.39. The van der Waals surface area contributed by atoms with E-state index in [1.807, 2.05) is 52.1 Å².